The molecule has 0 bridgehead atoms. The number of halogens is 2. The van der Waals surface area contributed by atoms with Gasteiger partial charge < -0.3 is 4.74 Å². The Morgan fingerprint density at radius 2 is 1.37 bits per heavy atom. The summed E-state index contributed by atoms with van der Waals surface area (Å²) in [5.41, 5.74) is 3.94. The van der Waals surface area contributed by atoms with Crippen molar-refractivity contribution < 1.29 is 13.5 Å². The van der Waals surface area contributed by atoms with Gasteiger partial charge in [0.1, 0.15) is 5.82 Å². The highest BCUT2D eigenvalue weighted by Crippen LogP contribution is 2.32. The van der Waals surface area contributed by atoms with E-state index < -0.39 is 5.82 Å². The lowest BCUT2D eigenvalue weighted by Crippen LogP contribution is -1.91. The number of aryl methyl sites for hydroxylation is 1. The van der Waals surface area contributed by atoms with Gasteiger partial charge >= 0.3 is 0 Å². The molecule has 4 rings (SSSR count). The van der Waals surface area contributed by atoms with Crippen LogP contribution in [0, 0.1) is 11.6 Å². The van der Waals surface area contributed by atoms with E-state index in [0.717, 1.165) is 22.9 Å². The van der Waals surface area contributed by atoms with Crippen molar-refractivity contribution in [2.24, 2.45) is 0 Å². The summed E-state index contributed by atoms with van der Waals surface area (Å²) in [7, 11) is 1.41. The smallest absolute Gasteiger partial charge is 0.165 e. The zero-order valence-corrected chi connectivity index (χ0v) is 17.2. The molecule has 0 saturated carbocycles. The van der Waals surface area contributed by atoms with Crippen molar-refractivity contribution in [1.82, 2.24) is 0 Å². The molecular weight excluding hydrogens is 378 g/mol. The Bertz CT molecular complexity index is 1200. The molecule has 0 saturated heterocycles. The summed E-state index contributed by atoms with van der Waals surface area (Å²) in [6.45, 7) is 2.20. The standard InChI is InChI=1S/C27H24F2O/c1-3-4-5-18-6-7-20-15-21(9-8-19(20)14-18)22-10-12-24(25(28)16-22)23-11-13-27(30-2)26(29)17-23/h6-17H,3-5H2,1-2H3. The molecule has 152 valence electrons. The van der Waals surface area contributed by atoms with E-state index >= 15 is 0 Å². The lowest BCUT2D eigenvalue weighted by Gasteiger charge is -2.10. The van der Waals surface area contributed by atoms with Crippen LogP contribution in [0.15, 0.2) is 72.8 Å². The third kappa shape index (κ3) is 4.06. The van der Waals surface area contributed by atoms with E-state index in [2.05, 4.69) is 37.3 Å². The van der Waals surface area contributed by atoms with Gasteiger partial charge in [0.25, 0.3) is 0 Å². The van der Waals surface area contributed by atoms with E-state index in [1.807, 2.05) is 12.1 Å². The maximum atomic E-state index is 14.9. The summed E-state index contributed by atoms with van der Waals surface area (Å²) in [5.74, 6) is -0.747. The molecule has 0 fully saturated rings. The van der Waals surface area contributed by atoms with Crippen LogP contribution in [-0.4, -0.2) is 7.11 Å². The van der Waals surface area contributed by atoms with Gasteiger partial charge in [-0.15, -0.1) is 0 Å². The molecule has 0 unspecified atom stereocenters. The van der Waals surface area contributed by atoms with E-state index in [-0.39, 0.29) is 11.6 Å². The van der Waals surface area contributed by atoms with Crippen LogP contribution in [0.1, 0.15) is 25.3 Å². The second kappa shape index (κ2) is 8.66. The highest BCUT2D eigenvalue weighted by molar-refractivity contribution is 5.88. The summed E-state index contributed by atoms with van der Waals surface area (Å²) in [4.78, 5) is 0. The Kier molecular flexibility index (Phi) is 5.80. The Balaban J connectivity index is 1.65. The number of ether oxygens (including phenoxy) is 1. The Labute approximate surface area is 175 Å². The summed E-state index contributed by atoms with van der Waals surface area (Å²) in [5, 5.41) is 2.33. The fourth-order valence-electron chi connectivity index (χ4n) is 3.77. The zero-order chi connectivity index (χ0) is 21.1. The number of fused-ring (bicyclic) bond motifs is 1. The van der Waals surface area contributed by atoms with Gasteiger partial charge in [-0.3, -0.25) is 0 Å². The fraction of sp³-hybridized carbons (Fsp3) is 0.185. The van der Waals surface area contributed by atoms with Crippen molar-refractivity contribution in [3.63, 3.8) is 0 Å². The third-order valence-corrected chi connectivity index (χ3v) is 5.49. The first-order chi connectivity index (χ1) is 14.6. The molecule has 30 heavy (non-hydrogen) atoms. The van der Waals surface area contributed by atoms with Gasteiger partial charge in [0.2, 0.25) is 0 Å². The molecule has 0 atom stereocenters. The van der Waals surface area contributed by atoms with Crippen LogP contribution in [-0.2, 0) is 6.42 Å². The molecule has 0 aromatic heterocycles. The van der Waals surface area contributed by atoms with Crippen molar-refractivity contribution in [1.29, 1.82) is 0 Å². The molecule has 0 aliphatic heterocycles. The molecular formula is C27H24F2O. The molecule has 0 aliphatic rings. The number of methoxy groups -OCH3 is 1. The largest absolute Gasteiger partial charge is 0.494 e. The van der Waals surface area contributed by atoms with Crippen LogP contribution >= 0.6 is 0 Å². The van der Waals surface area contributed by atoms with Crippen LogP contribution in [0.5, 0.6) is 5.75 Å². The van der Waals surface area contributed by atoms with Gasteiger partial charge in [-0.05, 0) is 70.1 Å². The Hall–Kier alpha value is -3.20. The molecule has 0 radical (unpaired) electrons. The normalized spacial score (nSPS) is 11.1. The quantitative estimate of drug-likeness (QED) is 0.320. The summed E-state index contributed by atoms with van der Waals surface area (Å²) in [6.07, 6.45) is 3.46. The number of benzene rings is 4. The molecule has 3 heteroatoms. The van der Waals surface area contributed by atoms with Crippen LogP contribution in [0.2, 0.25) is 0 Å². The SMILES string of the molecule is CCCCc1ccc2cc(-c3ccc(-c4ccc(OC)c(F)c4)c(F)c3)ccc2c1. The average molecular weight is 402 g/mol. The molecule has 0 amide bonds. The maximum absolute atomic E-state index is 14.9. The van der Waals surface area contributed by atoms with Crippen LogP contribution in [0.25, 0.3) is 33.0 Å². The average Bonchev–Trinajstić information content (AvgIpc) is 2.77. The number of rotatable bonds is 6. The van der Waals surface area contributed by atoms with E-state index in [0.29, 0.717) is 11.1 Å². The Morgan fingerprint density at radius 3 is 2.10 bits per heavy atom. The molecule has 4 aromatic rings. The minimum atomic E-state index is -0.508. The van der Waals surface area contributed by atoms with Gasteiger partial charge in [-0.25, -0.2) is 8.78 Å². The van der Waals surface area contributed by atoms with E-state index in [1.54, 1.807) is 12.1 Å². The highest BCUT2D eigenvalue weighted by atomic mass is 19.1. The molecule has 0 aliphatic carbocycles. The number of hydrogen-bond acceptors (Lipinski definition) is 1. The van der Waals surface area contributed by atoms with Crippen LogP contribution < -0.4 is 4.74 Å². The van der Waals surface area contributed by atoms with Crippen molar-refractivity contribution in [2.75, 3.05) is 7.11 Å². The van der Waals surface area contributed by atoms with Crippen molar-refractivity contribution in [2.45, 2.75) is 26.2 Å². The van der Waals surface area contributed by atoms with Crippen molar-refractivity contribution >= 4 is 10.8 Å². The van der Waals surface area contributed by atoms with Gasteiger partial charge in [0.05, 0.1) is 7.11 Å². The predicted molar refractivity (Wildman–Crippen MR) is 120 cm³/mol. The fourth-order valence-corrected chi connectivity index (χ4v) is 3.77. The van der Waals surface area contributed by atoms with Gasteiger partial charge in [0, 0.05) is 5.56 Å². The molecule has 0 N–H and O–H groups in total. The lowest BCUT2D eigenvalue weighted by molar-refractivity contribution is 0.386. The Morgan fingerprint density at radius 1 is 0.700 bits per heavy atom. The molecule has 0 heterocycles. The van der Waals surface area contributed by atoms with E-state index in [1.165, 1.54) is 49.1 Å². The van der Waals surface area contributed by atoms with Gasteiger partial charge in [0.15, 0.2) is 11.6 Å². The number of hydrogen-bond donors (Lipinski definition) is 0. The number of unbranched alkanes of at least 4 members (excludes halogenated alkanes) is 1. The molecule has 1 nitrogen and oxygen atoms in total. The van der Waals surface area contributed by atoms with E-state index in [9.17, 15) is 8.78 Å². The third-order valence-electron chi connectivity index (χ3n) is 5.49. The zero-order valence-electron chi connectivity index (χ0n) is 17.2. The molecule has 0 spiro atoms. The summed E-state index contributed by atoms with van der Waals surface area (Å²) in [6, 6.07) is 22.3. The van der Waals surface area contributed by atoms with Crippen LogP contribution in [0.4, 0.5) is 8.78 Å². The van der Waals surface area contributed by atoms with Crippen molar-refractivity contribution in [3.05, 3.63) is 90.0 Å². The second-order valence-electron chi connectivity index (χ2n) is 7.54. The maximum Gasteiger partial charge on any atom is 0.165 e. The predicted octanol–water partition coefficient (Wildman–Crippen LogP) is 7.80. The highest BCUT2D eigenvalue weighted by Gasteiger charge is 2.11. The van der Waals surface area contributed by atoms with Gasteiger partial charge in [-0.2, -0.15) is 0 Å². The lowest BCUT2D eigenvalue weighted by atomic mass is 9.96. The first-order valence-electron chi connectivity index (χ1n) is 10.3. The molecule has 4 aromatic carbocycles. The monoisotopic (exact) mass is 402 g/mol. The second-order valence-corrected chi connectivity index (χ2v) is 7.54. The van der Waals surface area contributed by atoms with Gasteiger partial charge in [-0.1, -0.05) is 61.9 Å². The minimum Gasteiger partial charge on any atom is -0.494 e. The van der Waals surface area contributed by atoms with Crippen LogP contribution in [0.3, 0.4) is 0 Å². The van der Waals surface area contributed by atoms with Crippen molar-refractivity contribution in [3.8, 4) is 28.0 Å². The first kappa shape index (κ1) is 20.1. The summed E-state index contributed by atoms with van der Waals surface area (Å²) < 4.78 is 33.8. The topological polar surface area (TPSA) is 9.23 Å². The minimum absolute atomic E-state index is 0.143. The summed E-state index contributed by atoms with van der Waals surface area (Å²) >= 11 is 0. The first-order valence-corrected chi connectivity index (χ1v) is 10.3. The van der Waals surface area contributed by atoms with E-state index in [4.69, 9.17) is 4.74 Å².